The van der Waals surface area contributed by atoms with Gasteiger partial charge in [0.1, 0.15) is 22.3 Å². The van der Waals surface area contributed by atoms with E-state index in [-0.39, 0.29) is 0 Å². The van der Waals surface area contributed by atoms with Crippen molar-refractivity contribution in [2.75, 3.05) is 0 Å². The monoisotopic (exact) mass is 717 g/mol. The molecule has 0 fully saturated rings. The van der Waals surface area contributed by atoms with E-state index < -0.39 is 0 Å². The van der Waals surface area contributed by atoms with E-state index >= 15 is 0 Å². The first-order valence-corrected chi connectivity index (χ1v) is 18.7. The minimum atomic E-state index is 0.582. The highest BCUT2D eigenvalue weighted by molar-refractivity contribution is 6.09. The zero-order valence-electron chi connectivity index (χ0n) is 30.1. The van der Waals surface area contributed by atoms with Gasteiger partial charge in [-0.3, -0.25) is 0 Å². The Balaban J connectivity index is 0.999. The molecule has 5 heteroatoms. The molecule has 56 heavy (non-hydrogen) atoms. The number of para-hydroxylation sites is 1. The van der Waals surface area contributed by atoms with Gasteiger partial charge in [0, 0.05) is 38.2 Å². The molecule has 0 saturated carbocycles. The summed E-state index contributed by atoms with van der Waals surface area (Å²) < 4.78 is 12.6. The fourth-order valence-electron chi connectivity index (χ4n) is 7.78. The molecular formula is C51H31N3O2. The van der Waals surface area contributed by atoms with E-state index in [9.17, 15) is 0 Å². The SMILES string of the molecule is c1ccc(-c2cccc(-c3nc(-c4ccccc4)nc(-c4ccc5c(c4)oc4ccc(-c6ccccc6-c6ccc7oc8ccccc8c7c6)cc45)n3)c2)cc1. The molecule has 0 bridgehead atoms. The van der Waals surface area contributed by atoms with E-state index in [1.165, 1.54) is 0 Å². The summed E-state index contributed by atoms with van der Waals surface area (Å²) in [5.41, 5.74) is 12.9. The quantitative estimate of drug-likeness (QED) is 0.171. The smallest absolute Gasteiger partial charge is 0.164 e. The van der Waals surface area contributed by atoms with Gasteiger partial charge in [-0.1, -0.05) is 140 Å². The third-order valence-corrected chi connectivity index (χ3v) is 10.6. The second kappa shape index (κ2) is 13.0. The molecule has 5 nitrogen and oxygen atoms in total. The lowest BCUT2D eigenvalue weighted by molar-refractivity contribution is 0.668. The van der Waals surface area contributed by atoms with Gasteiger partial charge in [0.05, 0.1) is 0 Å². The molecule has 8 aromatic carbocycles. The topological polar surface area (TPSA) is 65.0 Å². The average molecular weight is 718 g/mol. The molecule has 0 spiro atoms. The summed E-state index contributed by atoms with van der Waals surface area (Å²) >= 11 is 0. The Labute approximate surface area is 322 Å². The van der Waals surface area contributed by atoms with Crippen LogP contribution in [0.25, 0.3) is 111 Å². The molecule has 0 atom stereocenters. The fourth-order valence-corrected chi connectivity index (χ4v) is 7.78. The number of hydrogen-bond acceptors (Lipinski definition) is 5. The van der Waals surface area contributed by atoms with Crippen LogP contribution in [0, 0.1) is 0 Å². The molecule has 0 aliphatic rings. The van der Waals surface area contributed by atoms with Crippen molar-refractivity contribution in [1.29, 1.82) is 0 Å². The Bertz CT molecular complexity index is 3250. The number of benzene rings is 8. The van der Waals surface area contributed by atoms with Gasteiger partial charge >= 0.3 is 0 Å². The number of aromatic nitrogens is 3. The minimum Gasteiger partial charge on any atom is -0.456 e. The zero-order valence-corrected chi connectivity index (χ0v) is 30.1. The molecule has 0 radical (unpaired) electrons. The second-order valence-corrected chi connectivity index (χ2v) is 14.0. The largest absolute Gasteiger partial charge is 0.456 e. The van der Waals surface area contributed by atoms with Crippen molar-refractivity contribution in [1.82, 2.24) is 15.0 Å². The van der Waals surface area contributed by atoms with Crippen LogP contribution in [0.2, 0.25) is 0 Å². The van der Waals surface area contributed by atoms with Gasteiger partial charge in [-0.15, -0.1) is 0 Å². The van der Waals surface area contributed by atoms with Crippen LogP contribution in [-0.2, 0) is 0 Å². The van der Waals surface area contributed by atoms with Gasteiger partial charge < -0.3 is 8.83 Å². The van der Waals surface area contributed by atoms with E-state index in [1.807, 2.05) is 54.6 Å². The second-order valence-electron chi connectivity index (χ2n) is 14.0. The Morgan fingerprint density at radius 1 is 0.250 bits per heavy atom. The van der Waals surface area contributed by atoms with Crippen LogP contribution in [0.5, 0.6) is 0 Å². The molecular weight excluding hydrogens is 687 g/mol. The summed E-state index contributed by atoms with van der Waals surface area (Å²) in [7, 11) is 0. The number of rotatable bonds is 6. The lowest BCUT2D eigenvalue weighted by atomic mass is 9.93. The third-order valence-electron chi connectivity index (χ3n) is 10.6. The molecule has 0 N–H and O–H groups in total. The van der Waals surface area contributed by atoms with Gasteiger partial charge in [0.2, 0.25) is 0 Å². The normalized spacial score (nSPS) is 11.6. The highest BCUT2D eigenvalue weighted by Crippen LogP contribution is 2.40. The van der Waals surface area contributed by atoms with Crippen molar-refractivity contribution in [3.05, 3.63) is 188 Å². The predicted molar refractivity (Wildman–Crippen MR) is 227 cm³/mol. The molecule has 3 aromatic heterocycles. The van der Waals surface area contributed by atoms with Crippen molar-refractivity contribution in [3.63, 3.8) is 0 Å². The Hall–Kier alpha value is -7.63. The Kier molecular flexibility index (Phi) is 7.42. The van der Waals surface area contributed by atoms with Crippen LogP contribution in [-0.4, -0.2) is 15.0 Å². The van der Waals surface area contributed by atoms with Gasteiger partial charge in [0.25, 0.3) is 0 Å². The van der Waals surface area contributed by atoms with E-state index in [0.717, 1.165) is 93.9 Å². The summed E-state index contributed by atoms with van der Waals surface area (Å²) in [5, 5.41) is 4.31. The van der Waals surface area contributed by atoms with E-state index in [4.69, 9.17) is 23.8 Å². The van der Waals surface area contributed by atoms with Gasteiger partial charge in [-0.2, -0.15) is 0 Å². The fraction of sp³-hybridized carbons (Fsp3) is 0. The van der Waals surface area contributed by atoms with Crippen molar-refractivity contribution >= 4 is 43.9 Å². The molecule has 11 rings (SSSR count). The van der Waals surface area contributed by atoms with Gasteiger partial charge in [-0.25, -0.2) is 15.0 Å². The standard InChI is InChI=1S/C51H31N3O2/c1-3-12-32(13-4-1)34-16-11-17-37(28-34)50-52-49(33-14-5-2-6-15-33)53-51(54-50)38-22-25-42-44-30-36(24-27-47(44)56-48(42)31-38)40-19-8-7-18-39(40)35-23-26-46-43(29-35)41-20-9-10-21-45(41)55-46/h1-31H. The van der Waals surface area contributed by atoms with Gasteiger partial charge in [0.15, 0.2) is 17.5 Å². The minimum absolute atomic E-state index is 0.582. The van der Waals surface area contributed by atoms with Gasteiger partial charge in [-0.05, 0) is 81.9 Å². The van der Waals surface area contributed by atoms with Crippen molar-refractivity contribution < 1.29 is 8.83 Å². The zero-order chi connectivity index (χ0) is 37.0. The third kappa shape index (κ3) is 5.53. The van der Waals surface area contributed by atoms with Crippen LogP contribution in [0.3, 0.4) is 0 Å². The maximum atomic E-state index is 6.51. The molecule has 0 aliphatic carbocycles. The van der Waals surface area contributed by atoms with E-state index in [2.05, 4.69) is 133 Å². The first-order chi connectivity index (χ1) is 27.7. The van der Waals surface area contributed by atoms with Crippen LogP contribution >= 0.6 is 0 Å². The van der Waals surface area contributed by atoms with E-state index in [1.54, 1.807) is 0 Å². The summed E-state index contributed by atoms with van der Waals surface area (Å²) in [4.78, 5) is 15.0. The highest BCUT2D eigenvalue weighted by Gasteiger charge is 2.17. The number of fused-ring (bicyclic) bond motifs is 6. The first-order valence-electron chi connectivity index (χ1n) is 18.7. The lowest BCUT2D eigenvalue weighted by Crippen LogP contribution is -2.00. The van der Waals surface area contributed by atoms with Crippen molar-refractivity contribution in [2.45, 2.75) is 0 Å². The van der Waals surface area contributed by atoms with E-state index in [0.29, 0.717) is 17.5 Å². The van der Waals surface area contributed by atoms with Crippen LogP contribution in [0.15, 0.2) is 197 Å². The molecule has 0 aliphatic heterocycles. The Morgan fingerprint density at radius 3 is 1.39 bits per heavy atom. The predicted octanol–water partition coefficient (Wildman–Crippen LogP) is 13.7. The highest BCUT2D eigenvalue weighted by atomic mass is 16.3. The first kappa shape index (κ1) is 31.9. The molecule has 11 aromatic rings. The molecule has 0 saturated heterocycles. The number of hydrogen-bond donors (Lipinski definition) is 0. The van der Waals surface area contributed by atoms with Crippen molar-refractivity contribution in [2.24, 2.45) is 0 Å². The number of nitrogens with zero attached hydrogens (tertiary/aromatic N) is 3. The lowest BCUT2D eigenvalue weighted by Gasteiger charge is -2.11. The molecule has 0 amide bonds. The van der Waals surface area contributed by atoms with Crippen LogP contribution < -0.4 is 0 Å². The molecule has 262 valence electrons. The maximum absolute atomic E-state index is 6.51. The number of furan rings is 2. The van der Waals surface area contributed by atoms with Crippen LogP contribution in [0.4, 0.5) is 0 Å². The summed E-state index contributed by atoms with van der Waals surface area (Å²) in [6, 6.07) is 64.7. The summed E-state index contributed by atoms with van der Waals surface area (Å²) in [6.45, 7) is 0. The van der Waals surface area contributed by atoms with Crippen LogP contribution in [0.1, 0.15) is 0 Å². The molecule has 0 unspecified atom stereocenters. The summed E-state index contributed by atoms with van der Waals surface area (Å²) in [6.07, 6.45) is 0. The van der Waals surface area contributed by atoms with Crippen molar-refractivity contribution in [3.8, 4) is 67.5 Å². The molecule has 3 heterocycles. The average Bonchev–Trinajstić information content (AvgIpc) is 3.84. The summed E-state index contributed by atoms with van der Waals surface area (Å²) in [5.74, 6) is 1.81. The maximum Gasteiger partial charge on any atom is 0.164 e. The Morgan fingerprint density at radius 2 is 0.714 bits per heavy atom.